The van der Waals surface area contributed by atoms with Gasteiger partial charge >= 0.3 is 16.4 Å². The molecule has 3 heterocycles. The number of amides is 2. The number of urea groups is 1. The predicted octanol–water partition coefficient (Wildman–Crippen LogP) is -0.598. The molecule has 0 radical (unpaired) electrons. The third-order valence-electron chi connectivity index (χ3n) is 3.71. The monoisotopic (exact) mass is 411 g/mol. The normalized spacial score (nSPS) is 23.8. The van der Waals surface area contributed by atoms with E-state index < -0.39 is 44.4 Å². The molecule has 138 valence electrons. The number of thiazole rings is 1. The van der Waals surface area contributed by atoms with Crippen molar-refractivity contribution in [3.05, 3.63) is 11.6 Å². The Bertz CT molecular complexity index is 897. The number of hydroxylamine groups is 2. The Kier molecular flexibility index (Phi) is 4.44. The van der Waals surface area contributed by atoms with Gasteiger partial charge in [0.05, 0.1) is 12.1 Å². The van der Waals surface area contributed by atoms with Crippen LogP contribution in [0.2, 0.25) is 0 Å². The van der Waals surface area contributed by atoms with Crippen molar-refractivity contribution >= 4 is 43.6 Å². The fourth-order valence-corrected chi connectivity index (χ4v) is 4.99. The number of fused-ring (bicyclic) bond motifs is 2. The van der Waals surface area contributed by atoms with Crippen LogP contribution in [-0.2, 0) is 24.7 Å². The Hall–Kier alpha value is -1.81. The number of piperidine rings is 1. The van der Waals surface area contributed by atoms with E-state index in [0.29, 0.717) is 5.06 Å². The van der Waals surface area contributed by atoms with E-state index in [9.17, 15) is 21.6 Å². The highest BCUT2D eigenvalue weighted by Gasteiger charge is 2.48. The lowest BCUT2D eigenvalue weighted by Crippen LogP contribution is -2.50. The van der Waals surface area contributed by atoms with Gasteiger partial charge in [-0.1, -0.05) is 0 Å². The molecule has 2 aliphatic heterocycles. The van der Waals surface area contributed by atoms with Crippen molar-refractivity contribution in [2.45, 2.75) is 29.3 Å². The van der Waals surface area contributed by atoms with Crippen LogP contribution in [0.3, 0.4) is 0 Å². The van der Waals surface area contributed by atoms with Crippen LogP contribution in [0, 0.1) is 5.41 Å². The van der Waals surface area contributed by atoms with Gasteiger partial charge in [0.25, 0.3) is 10.0 Å². The van der Waals surface area contributed by atoms with Crippen molar-refractivity contribution in [2.75, 3.05) is 6.54 Å². The van der Waals surface area contributed by atoms with Gasteiger partial charge < -0.3 is 4.90 Å². The van der Waals surface area contributed by atoms with Crippen LogP contribution in [0.5, 0.6) is 0 Å². The van der Waals surface area contributed by atoms with Gasteiger partial charge in [0.1, 0.15) is 5.84 Å². The Morgan fingerprint density at radius 1 is 1.40 bits per heavy atom. The number of sulfonamides is 1. The molecule has 1 aromatic heterocycles. The summed E-state index contributed by atoms with van der Waals surface area (Å²) >= 11 is 0.879. The van der Waals surface area contributed by atoms with Crippen LogP contribution in [-0.4, -0.2) is 66.8 Å². The molecule has 2 amide bonds. The number of nitrogens with one attached hydrogen (secondary N) is 2. The lowest BCUT2D eigenvalue weighted by atomic mass is 10.0. The van der Waals surface area contributed by atoms with Crippen molar-refractivity contribution in [2.24, 2.45) is 0 Å². The predicted molar refractivity (Wildman–Crippen MR) is 83.5 cm³/mol. The van der Waals surface area contributed by atoms with Gasteiger partial charge in [-0.2, -0.15) is 21.9 Å². The number of hydrogen-bond donors (Lipinski definition) is 3. The lowest BCUT2D eigenvalue weighted by Gasteiger charge is -2.30. The van der Waals surface area contributed by atoms with Crippen LogP contribution in [0.1, 0.15) is 12.8 Å². The maximum Gasteiger partial charge on any atom is 0.418 e. The summed E-state index contributed by atoms with van der Waals surface area (Å²) in [5.74, 6) is -0.435. The summed E-state index contributed by atoms with van der Waals surface area (Å²) in [5.41, 5.74) is 0. The molecule has 2 fully saturated rings. The summed E-state index contributed by atoms with van der Waals surface area (Å²) in [5, 5.41) is 9.99. The molecular weight excluding hydrogens is 398 g/mol. The molecule has 0 aromatic carbocycles. The highest BCUT2D eigenvalue weighted by molar-refractivity contribution is 7.92. The van der Waals surface area contributed by atoms with Crippen molar-refractivity contribution < 1.29 is 30.5 Å². The van der Waals surface area contributed by atoms with Crippen LogP contribution in [0.25, 0.3) is 0 Å². The zero-order valence-corrected chi connectivity index (χ0v) is 14.8. The minimum absolute atomic E-state index is 0.0420. The Balaban J connectivity index is 1.75. The second kappa shape index (κ2) is 6.17. The van der Waals surface area contributed by atoms with E-state index in [1.54, 1.807) is 0 Å². The molecule has 3 rings (SSSR count). The van der Waals surface area contributed by atoms with Crippen molar-refractivity contribution in [3.63, 3.8) is 0 Å². The standard InChI is InChI=1S/C10H13N5O7S3/c11-8(13-24(17,18)9-12-3-4-23-9)7-2-1-6-5-14(7)10(16)15(6)22-25(19,20)21/h3-4,6-7H,1-2,5H2,(H2,11,13)(H,19,20,21). The smallest absolute Gasteiger partial charge is 0.310 e. The Labute approximate surface area is 146 Å². The van der Waals surface area contributed by atoms with Crippen molar-refractivity contribution in [1.29, 1.82) is 5.41 Å². The Morgan fingerprint density at radius 2 is 2.12 bits per heavy atom. The van der Waals surface area contributed by atoms with Crippen LogP contribution >= 0.6 is 11.3 Å². The number of amidine groups is 1. The number of nitrogens with zero attached hydrogens (tertiary/aromatic N) is 3. The second-order valence-electron chi connectivity index (χ2n) is 5.33. The highest BCUT2D eigenvalue weighted by atomic mass is 32.3. The van der Waals surface area contributed by atoms with Gasteiger partial charge in [-0.15, -0.1) is 15.6 Å². The maximum absolute atomic E-state index is 12.2. The average molecular weight is 411 g/mol. The molecular formula is C10H13N5O7S3. The first-order chi connectivity index (χ1) is 11.6. The summed E-state index contributed by atoms with van der Waals surface area (Å²) < 4.78 is 60.8. The zero-order chi connectivity index (χ0) is 18.4. The number of hydrogen-bond acceptors (Lipinski definition) is 9. The van der Waals surface area contributed by atoms with Gasteiger partial charge in [-0.3, -0.25) is 14.7 Å². The fraction of sp³-hybridized carbons (Fsp3) is 0.500. The van der Waals surface area contributed by atoms with Gasteiger partial charge in [0, 0.05) is 18.1 Å². The summed E-state index contributed by atoms with van der Waals surface area (Å²) in [6, 6.07) is -2.38. The molecule has 2 aliphatic rings. The van der Waals surface area contributed by atoms with Crippen molar-refractivity contribution in [1.82, 2.24) is 19.7 Å². The van der Waals surface area contributed by atoms with Gasteiger partial charge in [0.15, 0.2) is 0 Å². The minimum Gasteiger partial charge on any atom is -0.310 e. The topological polar surface area (TPSA) is 170 Å². The molecule has 0 aliphatic carbocycles. The molecule has 15 heteroatoms. The molecule has 3 N–H and O–H groups in total. The van der Waals surface area contributed by atoms with E-state index >= 15 is 0 Å². The zero-order valence-electron chi connectivity index (χ0n) is 12.4. The molecule has 12 nitrogen and oxygen atoms in total. The van der Waals surface area contributed by atoms with Crippen LogP contribution in [0.4, 0.5) is 4.79 Å². The quantitative estimate of drug-likeness (QED) is 0.327. The van der Waals surface area contributed by atoms with Gasteiger partial charge in [0.2, 0.25) is 4.34 Å². The maximum atomic E-state index is 12.2. The molecule has 2 saturated heterocycles. The summed E-state index contributed by atoms with van der Waals surface area (Å²) in [7, 11) is -8.90. The van der Waals surface area contributed by atoms with E-state index in [1.165, 1.54) is 11.6 Å². The molecule has 25 heavy (non-hydrogen) atoms. The van der Waals surface area contributed by atoms with Crippen LogP contribution in [0.15, 0.2) is 15.9 Å². The van der Waals surface area contributed by atoms with Gasteiger partial charge in [-0.05, 0) is 12.8 Å². The van der Waals surface area contributed by atoms with E-state index in [4.69, 9.17) is 9.96 Å². The minimum atomic E-state index is -4.87. The summed E-state index contributed by atoms with van der Waals surface area (Å²) in [6.45, 7) is 0.0420. The van der Waals surface area contributed by atoms with E-state index in [2.05, 4.69) is 14.0 Å². The lowest BCUT2D eigenvalue weighted by molar-refractivity contribution is -0.0316. The van der Waals surface area contributed by atoms with Crippen LogP contribution < -0.4 is 4.72 Å². The molecule has 0 spiro atoms. The number of aromatic nitrogens is 1. The van der Waals surface area contributed by atoms with E-state index in [-0.39, 0.29) is 23.7 Å². The van der Waals surface area contributed by atoms with E-state index in [0.717, 1.165) is 16.2 Å². The first-order valence-electron chi connectivity index (χ1n) is 6.86. The number of carbonyl (C=O) groups excluding carboxylic acids is 1. The SMILES string of the molecule is N=C(NS(=O)(=O)c1nccs1)C1CCC2CN1C(=O)N2OS(=O)(=O)O. The number of carbonyl (C=O) groups is 1. The fourth-order valence-electron chi connectivity index (χ4n) is 2.73. The summed E-state index contributed by atoms with van der Waals surface area (Å²) in [4.78, 5) is 17.0. The first kappa shape index (κ1) is 18.0. The third-order valence-corrected chi connectivity index (χ3v) is 6.63. The summed E-state index contributed by atoms with van der Waals surface area (Å²) in [6.07, 6.45) is 1.80. The Morgan fingerprint density at radius 3 is 2.72 bits per heavy atom. The second-order valence-corrected chi connectivity index (χ2v) is 9.08. The highest BCUT2D eigenvalue weighted by Crippen LogP contribution is 2.31. The van der Waals surface area contributed by atoms with E-state index in [1.807, 2.05) is 0 Å². The average Bonchev–Trinajstić information content (AvgIpc) is 3.11. The first-order valence-corrected chi connectivity index (χ1v) is 10.6. The molecule has 2 atom stereocenters. The molecule has 2 unspecified atom stereocenters. The number of rotatable bonds is 5. The largest absolute Gasteiger partial charge is 0.418 e. The van der Waals surface area contributed by atoms with Gasteiger partial charge in [-0.25, -0.2) is 9.78 Å². The molecule has 2 bridgehead atoms. The third kappa shape index (κ3) is 3.59. The molecule has 0 saturated carbocycles. The van der Waals surface area contributed by atoms with Crippen molar-refractivity contribution in [3.8, 4) is 0 Å². The molecule has 1 aromatic rings.